The quantitative estimate of drug-likeness (QED) is 0.721. The summed E-state index contributed by atoms with van der Waals surface area (Å²) in [6.45, 7) is 0.724. The molecule has 0 aliphatic heterocycles. The number of sulfone groups is 1. The average molecular weight is 366 g/mol. The molecule has 0 aromatic heterocycles. The first-order valence-electron chi connectivity index (χ1n) is 8.71. The van der Waals surface area contributed by atoms with Gasteiger partial charge in [0, 0.05) is 31.3 Å². The predicted octanol–water partition coefficient (Wildman–Crippen LogP) is 1.91. The molecular weight excluding hydrogens is 340 g/mol. The van der Waals surface area contributed by atoms with Crippen LogP contribution < -0.4 is 10.6 Å². The van der Waals surface area contributed by atoms with Gasteiger partial charge in [-0.2, -0.15) is 0 Å². The third-order valence-electron chi connectivity index (χ3n) is 4.48. The number of carbonyl (C=O) groups excluding carboxylic acids is 2. The molecule has 0 bridgehead atoms. The largest absolute Gasteiger partial charge is 0.354 e. The van der Waals surface area contributed by atoms with Gasteiger partial charge in [-0.15, -0.1) is 0 Å². The molecule has 138 valence electrons. The first kappa shape index (κ1) is 19.4. The van der Waals surface area contributed by atoms with Crippen LogP contribution in [0.4, 0.5) is 0 Å². The lowest BCUT2D eigenvalue weighted by molar-refractivity contribution is -0.122. The van der Waals surface area contributed by atoms with Crippen molar-refractivity contribution in [1.29, 1.82) is 0 Å². The van der Waals surface area contributed by atoms with Crippen molar-refractivity contribution in [1.82, 2.24) is 10.6 Å². The molecule has 1 aromatic rings. The summed E-state index contributed by atoms with van der Waals surface area (Å²) in [6, 6.07) is 5.78. The van der Waals surface area contributed by atoms with E-state index in [1.807, 2.05) is 0 Å². The second-order valence-electron chi connectivity index (χ2n) is 6.61. The van der Waals surface area contributed by atoms with Crippen molar-refractivity contribution in [2.24, 2.45) is 5.92 Å². The van der Waals surface area contributed by atoms with E-state index in [1.165, 1.54) is 43.5 Å². The molecule has 2 rings (SSSR count). The van der Waals surface area contributed by atoms with Gasteiger partial charge >= 0.3 is 0 Å². The van der Waals surface area contributed by atoms with E-state index in [4.69, 9.17) is 0 Å². The zero-order valence-electron chi connectivity index (χ0n) is 14.6. The highest BCUT2D eigenvalue weighted by molar-refractivity contribution is 7.90. The minimum atomic E-state index is -3.27. The van der Waals surface area contributed by atoms with Crippen LogP contribution in [0.25, 0.3) is 0 Å². The molecule has 6 nitrogen and oxygen atoms in total. The Morgan fingerprint density at radius 3 is 2.20 bits per heavy atom. The molecule has 1 fully saturated rings. The van der Waals surface area contributed by atoms with Crippen LogP contribution in [0.5, 0.6) is 0 Å². The van der Waals surface area contributed by atoms with Crippen LogP contribution in [0.1, 0.15) is 48.9 Å². The van der Waals surface area contributed by atoms with Gasteiger partial charge in [-0.3, -0.25) is 9.59 Å². The van der Waals surface area contributed by atoms with Crippen molar-refractivity contribution >= 4 is 21.7 Å². The number of hydrogen-bond acceptors (Lipinski definition) is 4. The maximum atomic E-state index is 12.0. The summed E-state index contributed by atoms with van der Waals surface area (Å²) >= 11 is 0. The van der Waals surface area contributed by atoms with Crippen molar-refractivity contribution in [2.75, 3.05) is 19.3 Å². The molecule has 0 radical (unpaired) electrons. The van der Waals surface area contributed by atoms with Gasteiger partial charge in [-0.25, -0.2) is 8.42 Å². The van der Waals surface area contributed by atoms with E-state index in [0.29, 0.717) is 31.0 Å². The Balaban J connectivity index is 1.68. The van der Waals surface area contributed by atoms with Gasteiger partial charge in [0.15, 0.2) is 9.84 Å². The molecule has 1 saturated carbocycles. The van der Waals surface area contributed by atoms with Crippen LogP contribution in [0.2, 0.25) is 0 Å². The lowest BCUT2D eigenvalue weighted by Gasteiger charge is -2.20. The molecule has 0 saturated heterocycles. The Hall–Kier alpha value is -1.89. The van der Waals surface area contributed by atoms with E-state index in [-0.39, 0.29) is 16.7 Å². The van der Waals surface area contributed by atoms with Crippen LogP contribution in [-0.4, -0.2) is 39.6 Å². The van der Waals surface area contributed by atoms with Gasteiger partial charge in [0.1, 0.15) is 0 Å². The molecule has 1 aliphatic rings. The van der Waals surface area contributed by atoms with Gasteiger partial charge in [-0.1, -0.05) is 19.3 Å². The van der Waals surface area contributed by atoms with E-state index < -0.39 is 9.84 Å². The summed E-state index contributed by atoms with van der Waals surface area (Å²) in [5, 5.41) is 5.55. The SMILES string of the molecule is CS(=O)(=O)c1ccc(C(=O)NCCNC(=O)CC2CCCCC2)cc1. The summed E-state index contributed by atoms with van der Waals surface area (Å²) in [4.78, 5) is 24.1. The molecule has 0 heterocycles. The van der Waals surface area contributed by atoms with Gasteiger partial charge in [-0.05, 0) is 43.0 Å². The number of nitrogens with one attached hydrogen (secondary N) is 2. The average Bonchev–Trinajstić information content (AvgIpc) is 2.59. The Labute approximate surface area is 149 Å². The van der Waals surface area contributed by atoms with Crippen LogP contribution in [-0.2, 0) is 14.6 Å². The first-order valence-corrected chi connectivity index (χ1v) is 10.6. The summed E-state index contributed by atoms with van der Waals surface area (Å²) in [5.74, 6) is 0.247. The highest BCUT2D eigenvalue weighted by Crippen LogP contribution is 2.25. The smallest absolute Gasteiger partial charge is 0.251 e. The van der Waals surface area contributed by atoms with Crippen LogP contribution in [0.3, 0.4) is 0 Å². The molecule has 1 aromatic carbocycles. The zero-order valence-corrected chi connectivity index (χ0v) is 15.4. The van der Waals surface area contributed by atoms with E-state index in [1.54, 1.807) is 0 Å². The number of benzene rings is 1. The number of hydrogen-bond donors (Lipinski definition) is 2. The van der Waals surface area contributed by atoms with Crippen LogP contribution in [0, 0.1) is 5.92 Å². The van der Waals surface area contributed by atoms with E-state index >= 15 is 0 Å². The summed E-state index contributed by atoms with van der Waals surface area (Å²) in [6.07, 6.45) is 7.66. The van der Waals surface area contributed by atoms with Crippen LogP contribution in [0.15, 0.2) is 29.2 Å². The lowest BCUT2D eigenvalue weighted by Crippen LogP contribution is -2.35. The van der Waals surface area contributed by atoms with Crippen molar-refractivity contribution < 1.29 is 18.0 Å². The molecule has 2 N–H and O–H groups in total. The summed E-state index contributed by atoms with van der Waals surface area (Å²) in [7, 11) is -3.27. The second-order valence-corrected chi connectivity index (χ2v) is 8.63. The monoisotopic (exact) mass is 366 g/mol. The van der Waals surface area contributed by atoms with Crippen LogP contribution >= 0.6 is 0 Å². The van der Waals surface area contributed by atoms with E-state index in [2.05, 4.69) is 10.6 Å². The summed E-state index contributed by atoms with van der Waals surface area (Å²) < 4.78 is 22.8. The number of carbonyl (C=O) groups is 2. The predicted molar refractivity (Wildman–Crippen MR) is 96.1 cm³/mol. The van der Waals surface area contributed by atoms with E-state index in [9.17, 15) is 18.0 Å². The molecule has 0 spiro atoms. The van der Waals surface area contributed by atoms with Crippen molar-refractivity contribution in [3.05, 3.63) is 29.8 Å². The third kappa shape index (κ3) is 6.49. The zero-order chi connectivity index (χ0) is 18.3. The Bertz CT molecular complexity index is 692. The molecule has 0 unspecified atom stereocenters. The second kappa shape index (κ2) is 8.99. The Kier molecular flexibility index (Phi) is 6.99. The molecule has 7 heteroatoms. The molecule has 25 heavy (non-hydrogen) atoms. The highest BCUT2D eigenvalue weighted by atomic mass is 32.2. The van der Waals surface area contributed by atoms with Gasteiger partial charge in [0.05, 0.1) is 4.90 Å². The van der Waals surface area contributed by atoms with Gasteiger partial charge in [0.25, 0.3) is 5.91 Å². The number of rotatable bonds is 7. The fourth-order valence-corrected chi connectivity index (χ4v) is 3.69. The fourth-order valence-electron chi connectivity index (χ4n) is 3.06. The van der Waals surface area contributed by atoms with Gasteiger partial charge < -0.3 is 10.6 Å². The normalized spacial score (nSPS) is 15.6. The Morgan fingerprint density at radius 1 is 1.00 bits per heavy atom. The first-order chi connectivity index (χ1) is 11.9. The maximum absolute atomic E-state index is 12.0. The highest BCUT2D eigenvalue weighted by Gasteiger charge is 2.16. The number of amides is 2. The molecule has 1 aliphatic carbocycles. The molecule has 0 atom stereocenters. The molecule has 2 amide bonds. The van der Waals surface area contributed by atoms with Crippen molar-refractivity contribution in [3.63, 3.8) is 0 Å². The summed E-state index contributed by atoms with van der Waals surface area (Å²) in [5.41, 5.74) is 0.390. The minimum Gasteiger partial charge on any atom is -0.354 e. The molecular formula is C18H26N2O4S. The lowest BCUT2D eigenvalue weighted by atomic mass is 9.87. The minimum absolute atomic E-state index is 0.0404. The van der Waals surface area contributed by atoms with Crippen molar-refractivity contribution in [3.8, 4) is 0 Å². The topological polar surface area (TPSA) is 92.3 Å². The third-order valence-corrected chi connectivity index (χ3v) is 5.60. The Morgan fingerprint density at radius 2 is 1.60 bits per heavy atom. The van der Waals surface area contributed by atoms with Gasteiger partial charge in [0.2, 0.25) is 5.91 Å². The fraction of sp³-hybridized carbons (Fsp3) is 0.556. The standard InChI is InChI=1S/C18H26N2O4S/c1-25(23,24)16-9-7-15(8-10-16)18(22)20-12-11-19-17(21)13-14-5-3-2-4-6-14/h7-10,14H,2-6,11-13H2,1H3,(H,19,21)(H,20,22). The maximum Gasteiger partial charge on any atom is 0.251 e. The van der Waals surface area contributed by atoms with Crippen molar-refractivity contribution in [2.45, 2.75) is 43.4 Å². The van der Waals surface area contributed by atoms with E-state index in [0.717, 1.165) is 19.1 Å².